The van der Waals surface area contributed by atoms with E-state index < -0.39 is 30.5 Å². The molecule has 0 radical (unpaired) electrons. The summed E-state index contributed by atoms with van der Waals surface area (Å²) in [5.74, 6) is -4.50. The van der Waals surface area contributed by atoms with E-state index in [2.05, 4.69) is 10.2 Å². The summed E-state index contributed by atoms with van der Waals surface area (Å²) >= 11 is 0. The van der Waals surface area contributed by atoms with Crippen molar-refractivity contribution < 1.29 is 27.9 Å². The van der Waals surface area contributed by atoms with Crippen molar-refractivity contribution in [2.45, 2.75) is 12.6 Å². The Bertz CT molecular complexity index is 497. The fourth-order valence-electron chi connectivity index (χ4n) is 1.83. The van der Waals surface area contributed by atoms with Crippen molar-refractivity contribution in [1.82, 2.24) is 10.2 Å². The van der Waals surface area contributed by atoms with Crippen LogP contribution < -0.4 is 4.90 Å². The second-order valence-corrected chi connectivity index (χ2v) is 3.90. The molecule has 2 rings (SSSR count). The van der Waals surface area contributed by atoms with Crippen molar-refractivity contribution in [3.63, 3.8) is 0 Å². The molecule has 0 aromatic carbocycles. The van der Waals surface area contributed by atoms with Crippen LogP contribution in [0.25, 0.3) is 0 Å². The molecule has 1 unspecified atom stereocenters. The fourth-order valence-corrected chi connectivity index (χ4v) is 1.83. The van der Waals surface area contributed by atoms with E-state index in [9.17, 15) is 22.8 Å². The van der Waals surface area contributed by atoms with Crippen LogP contribution in [0.2, 0.25) is 0 Å². The van der Waals surface area contributed by atoms with Crippen LogP contribution in [-0.2, 0) is 16.0 Å². The number of amides is 1. The number of hydrogen-bond donors (Lipinski definition) is 2. The average molecular weight is 263 g/mol. The molecular formula is C9H8F3N3O3. The summed E-state index contributed by atoms with van der Waals surface area (Å²) in [5, 5.41) is 14.7. The lowest BCUT2D eigenvalue weighted by atomic mass is 9.96. The molecule has 0 spiro atoms. The second-order valence-electron chi connectivity index (χ2n) is 3.90. The number of aromatic amines is 1. The van der Waals surface area contributed by atoms with E-state index in [1.807, 2.05) is 0 Å². The third-order valence-electron chi connectivity index (χ3n) is 2.67. The van der Waals surface area contributed by atoms with Gasteiger partial charge in [-0.25, -0.2) is 0 Å². The van der Waals surface area contributed by atoms with Crippen molar-refractivity contribution >= 4 is 17.7 Å². The summed E-state index contributed by atoms with van der Waals surface area (Å²) in [6, 6.07) is 0. The lowest BCUT2D eigenvalue weighted by molar-refractivity contribution is -0.170. The number of carbonyl (C=O) groups excluding carboxylic acids is 1. The van der Waals surface area contributed by atoms with Gasteiger partial charge in [0.25, 0.3) is 0 Å². The van der Waals surface area contributed by atoms with Crippen molar-refractivity contribution in [1.29, 1.82) is 0 Å². The van der Waals surface area contributed by atoms with E-state index in [0.29, 0.717) is 4.90 Å². The maximum Gasteiger partial charge on any atom is 0.471 e. The number of nitrogens with one attached hydrogen (secondary N) is 1. The second kappa shape index (κ2) is 4.00. The molecule has 0 aliphatic carbocycles. The van der Waals surface area contributed by atoms with E-state index in [-0.39, 0.29) is 17.8 Å². The van der Waals surface area contributed by atoms with E-state index in [1.54, 1.807) is 0 Å². The number of alkyl halides is 3. The number of nitrogens with zero attached hydrogens (tertiary/aromatic N) is 2. The summed E-state index contributed by atoms with van der Waals surface area (Å²) in [4.78, 5) is 22.4. The summed E-state index contributed by atoms with van der Waals surface area (Å²) < 4.78 is 37.2. The number of aromatic nitrogens is 2. The van der Waals surface area contributed by atoms with Gasteiger partial charge in [-0.3, -0.25) is 19.6 Å². The van der Waals surface area contributed by atoms with Crippen LogP contribution in [0.5, 0.6) is 0 Å². The summed E-state index contributed by atoms with van der Waals surface area (Å²) in [6.45, 7) is -0.525. The molecule has 1 aliphatic heterocycles. The van der Waals surface area contributed by atoms with Crippen LogP contribution in [0.1, 0.15) is 5.56 Å². The molecule has 6 nitrogen and oxygen atoms in total. The molecule has 1 atom stereocenters. The monoisotopic (exact) mass is 263 g/mol. The van der Waals surface area contributed by atoms with Crippen LogP contribution in [0.3, 0.4) is 0 Å². The summed E-state index contributed by atoms with van der Waals surface area (Å²) in [5.41, 5.74) is 0.284. The number of carboxylic acid groups (broad SMARTS) is 1. The topological polar surface area (TPSA) is 86.3 Å². The van der Waals surface area contributed by atoms with Gasteiger partial charge >= 0.3 is 18.1 Å². The van der Waals surface area contributed by atoms with Gasteiger partial charge in [0.05, 0.1) is 12.1 Å². The molecule has 1 aromatic heterocycles. The summed E-state index contributed by atoms with van der Waals surface area (Å²) in [6.07, 6.45) is -3.79. The third-order valence-corrected chi connectivity index (χ3v) is 2.67. The highest BCUT2D eigenvalue weighted by Crippen LogP contribution is 2.31. The lowest BCUT2D eigenvalue weighted by Crippen LogP contribution is -2.48. The van der Waals surface area contributed by atoms with Gasteiger partial charge in [-0.1, -0.05) is 0 Å². The molecule has 0 saturated heterocycles. The first kappa shape index (κ1) is 12.4. The maximum absolute atomic E-state index is 12.4. The Morgan fingerprint density at radius 1 is 1.50 bits per heavy atom. The predicted molar refractivity (Wildman–Crippen MR) is 51.8 cm³/mol. The number of halogens is 3. The average Bonchev–Trinajstić information content (AvgIpc) is 2.73. The van der Waals surface area contributed by atoms with Crippen molar-refractivity contribution in [2.75, 3.05) is 11.4 Å². The summed E-state index contributed by atoms with van der Waals surface area (Å²) in [7, 11) is 0. The van der Waals surface area contributed by atoms with Gasteiger partial charge in [0.1, 0.15) is 5.82 Å². The predicted octanol–water partition coefficient (Wildman–Crippen LogP) is 0.562. The Morgan fingerprint density at radius 2 is 2.17 bits per heavy atom. The Labute approximate surface area is 98.4 Å². The number of carboxylic acids is 1. The van der Waals surface area contributed by atoms with Crippen molar-refractivity contribution in [2.24, 2.45) is 5.92 Å². The highest BCUT2D eigenvalue weighted by Gasteiger charge is 2.46. The lowest BCUT2D eigenvalue weighted by Gasteiger charge is -2.30. The van der Waals surface area contributed by atoms with Crippen LogP contribution in [0.4, 0.5) is 19.0 Å². The first-order valence-corrected chi connectivity index (χ1v) is 4.94. The molecule has 0 fully saturated rings. The normalized spacial score (nSPS) is 19.5. The molecular weight excluding hydrogens is 255 g/mol. The van der Waals surface area contributed by atoms with Crippen LogP contribution in [0.15, 0.2) is 6.20 Å². The number of anilines is 1. The Hall–Kier alpha value is -2.06. The standard InChI is InChI=1S/C9H8F3N3O3/c10-9(11,12)8(18)15-3-5(7(16)17)1-4-2-13-14-6(4)15/h2,5H,1,3H2,(H,13,14)(H,16,17). The van der Waals surface area contributed by atoms with Crippen molar-refractivity contribution in [3.8, 4) is 0 Å². The van der Waals surface area contributed by atoms with Gasteiger partial charge in [0.15, 0.2) is 0 Å². The minimum atomic E-state index is -5.05. The zero-order chi connectivity index (χ0) is 13.5. The van der Waals surface area contributed by atoms with Gasteiger partial charge in [-0.2, -0.15) is 18.3 Å². The van der Waals surface area contributed by atoms with Gasteiger partial charge in [-0.15, -0.1) is 0 Å². The largest absolute Gasteiger partial charge is 0.481 e. The molecule has 2 N–H and O–H groups in total. The zero-order valence-corrected chi connectivity index (χ0v) is 8.86. The van der Waals surface area contributed by atoms with Crippen LogP contribution in [0, 0.1) is 5.92 Å². The van der Waals surface area contributed by atoms with E-state index in [4.69, 9.17) is 5.11 Å². The van der Waals surface area contributed by atoms with Crippen molar-refractivity contribution in [3.05, 3.63) is 11.8 Å². The Kier molecular flexibility index (Phi) is 2.76. The molecule has 2 heterocycles. The maximum atomic E-state index is 12.4. The van der Waals surface area contributed by atoms with Crippen LogP contribution in [-0.4, -0.2) is 39.9 Å². The number of hydrogen-bond acceptors (Lipinski definition) is 3. The molecule has 1 amide bonds. The van der Waals surface area contributed by atoms with E-state index in [0.717, 1.165) is 0 Å². The SMILES string of the molecule is O=C(O)C1Cc2cn[nH]c2N(C(=O)C(F)(F)F)C1. The smallest absolute Gasteiger partial charge is 0.471 e. The van der Waals surface area contributed by atoms with Gasteiger partial charge in [-0.05, 0) is 6.42 Å². The Morgan fingerprint density at radius 3 is 2.72 bits per heavy atom. The molecule has 1 aliphatic rings. The number of aliphatic carboxylic acids is 1. The highest BCUT2D eigenvalue weighted by molar-refractivity contribution is 5.98. The quantitative estimate of drug-likeness (QED) is 0.775. The first-order valence-electron chi connectivity index (χ1n) is 4.94. The highest BCUT2D eigenvalue weighted by atomic mass is 19.4. The number of fused-ring (bicyclic) bond motifs is 1. The molecule has 18 heavy (non-hydrogen) atoms. The minimum absolute atomic E-state index is 0.0444. The van der Waals surface area contributed by atoms with Gasteiger partial charge in [0, 0.05) is 12.1 Å². The number of rotatable bonds is 1. The molecule has 1 aromatic rings. The Balaban J connectivity index is 2.36. The van der Waals surface area contributed by atoms with Gasteiger partial charge < -0.3 is 5.11 Å². The molecule has 0 bridgehead atoms. The van der Waals surface area contributed by atoms with Crippen LogP contribution >= 0.6 is 0 Å². The first-order chi connectivity index (χ1) is 8.30. The molecule has 9 heteroatoms. The number of carbonyl (C=O) groups is 2. The minimum Gasteiger partial charge on any atom is -0.481 e. The van der Waals surface area contributed by atoms with E-state index >= 15 is 0 Å². The molecule has 0 saturated carbocycles. The number of H-pyrrole nitrogens is 1. The van der Waals surface area contributed by atoms with E-state index in [1.165, 1.54) is 6.20 Å². The fraction of sp³-hybridized carbons (Fsp3) is 0.444. The zero-order valence-electron chi connectivity index (χ0n) is 8.86. The van der Waals surface area contributed by atoms with Gasteiger partial charge in [0.2, 0.25) is 0 Å². The third kappa shape index (κ3) is 2.03. The molecule has 98 valence electrons.